The first-order valence-electron chi connectivity index (χ1n) is 6.57. The summed E-state index contributed by atoms with van der Waals surface area (Å²) in [6.45, 7) is -3.16. The van der Waals surface area contributed by atoms with Crippen LogP contribution in [0.15, 0.2) is 48.8 Å². The number of carbonyl (C=O) groups excluding carboxylic acids is 2. The molecule has 2 aromatic rings. The number of ether oxygens (including phenoxy) is 1. The lowest BCUT2D eigenvalue weighted by atomic mass is 10.2. The van der Waals surface area contributed by atoms with Gasteiger partial charge >= 0.3 is 6.61 Å². The van der Waals surface area contributed by atoms with Crippen LogP contribution < -0.4 is 15.4 Å². The van der Waals surface area contributed by atoms with Crippen molar-refractivity contribution in [3.63, 3.8) is 0 Å². The van der Waals surface area contributed by atoms with Crippen molar-refractivity contribution in [2.24, 2.45) is 0 Å². The Labute approximate surface area is 130 Å². The van der Waals surface area contributed by atoms with Crippen molar-refractivity contribution in [3.05, 3.63) is 54.4 Å². The van der Waals surface area contributed by atoms with E-state index in [2.05, 4.69) is 20.4 Å². The summed E-state index contributed by atoms with van der Waals surface area (Å²) in [7, 11) is 0. The lowest BCUT2D eigenvalue weighted by Gasteiger charge is -2.08. The normalized spacial score (nSPS) is 10.2. The second-order valence-electron chi connectivity index (χ2n) is 4.38. The number of carbonyl (C=O) groups is 2. The first kappa shape index (κ1) is 16.3. The molecule has 120 valence electrons. The fraction of sp³-hybridized carbons (Fsp3) is 0.133. The second-order valence-corrected chi connectivity index (χ2v) is 4.38. The molecule has 2 rings (SSSR count). The number of rotatable bonds is 6. The van der Waals surface area contributed by atoms with E-state index in [1.54, 1.807) is 18.3 Å². The van der Waals surface area contributed by atoms with Crippen molar-refractivity contribution >= 4 is 17.5 Å². The number of amides is 2. The monoisotopic (exact) mass is 321 g/mol. The number of alkyl halides is 2. The summed E-state index contributed by atoms with van der Waals surface area (Å²) in [4.78, 5) is 27.4. The Morgan fingerprint density at radius 2 is 1.91 bits per heavy atom. The van der Waals surface area contributed by atoms with Crippen LogP contribution in [-0.4, -0.2) is 30.0 Å². The average Bonchev–Trinajstić information content (AvgIpc) is 2.54. The highest BCUT2D eigenvalue weighted by molar-refractivity contribution is 5.99. The summed E-state index contributed by atoms with van der Waals surface area (Å²) < 4.78 is 28.2. The Morgan fingerprint density at radius 3 is 2.52 bits per heavy atom. The topological polar surface area (TPSA) is 80.3 Å². The molecule has 1 aromatic carbocycles. The minimum absolute atomic E-state index is 0.0501. The van der Waals surface area contributed by atoms with Crippen molar-refractivity contribution in [2.75, 3.05) is 11.9 Å². The molecule has 2 N–H and O–H groups in total. The third kappa shape index (κ3) is 5.34. The van der Waals surface area contributed by atoms with Gasteiger partial charge in [-0.3, -0.25) is 14.6 Å². The Balaban J connectivity index is 1.83. The van der Waals surface area contributed by atoms with E-state index in [4.69, 9.17) is 0 Å². The van der Waals surface area contributed by atoms with Gasteiger partial charge < -0.3 is 15.4 Å². The molecule has 0 unspecified atom stereocenters. The molecule has 0 bridgehead atoms. The number of aromatic nitrogens is 1. The number of halogens is 2. The summed E-state index contributed by atoms with van der Waals surface area (Å²) in [6, 6.07) is 8.47. The Kier molecular flexibility index (Phi) is 5.56. The minimum atomic E-state index is -2.93. The number of hydrogen-bond donors (Lipinski definition) is 2. The SMILES string of the molecule is O=C(CNC(=O)c1ccc(OC(F)F)cc1)Nc1cccnc1. The van der Waals surface area contributed by atoms with Gasteiger partial charge in [-0.1, -0.05) is 0 Å². The van der Waals surface area contributed by atoms with Crippen LogP contribution in [0, 0.1) is 0 Å². The lowest BCUT2D eigenvalue weighted by molar-refractivity contribution is -0.115. The molecule has 0 atom stereocenters. The molecule has 2 amide bonds. The summed E-state index contributed by atoms with van der Waals surface area (Å²) in [5.74, 6) is -0.968. The Bertz CT molecular complexity index is 663. The molecule has 0 aliphatic carbocycles. The summed E-state index contributed by atoms with van der Waals surface area (Å²) in [6.07, 6.45) is 3.04. The van der Waals surface area contributed by atoms with E-state index in [0.717, 1.165) is 0 Å². The van der Waals surface area contributed by atoms with Crippen LogP contribution in [0.25, 0.3) is 0 Å². The first-order valence-corrected chi connectivity index (χ1v) is 6.57. The number of nitrogens with zero attached hydrogens (tertiary/aromatic N) is 1. The molecular weight excluding hydrogens is 308 g/mol. The second kappa shape index (κ2) is 7.83. The lowest BCUT2D eigenvalue weighted by Crippen LogP contribution is -2.32. The highest BCUT2D eigenvalue weighted by Crippen LogP contribution is 2.14. The maximum atomic E-state index is 12.0. The van der Waals surface area contributed by atoms with Gasteiger partial charge in [-0.2, -0.15) is 8.78 Å². The van der Waals surface area contributed by atoms with Crippen LogP contribution in [0.3, 0.4) is 0 Å². The first-order chi connectivity index (χ1) is 11.0. The van der Waals surface area contributed by atoms with E-state index in [-0.39, 0.29) is 17.9 Å². The molecule has 8 heteroatoms. The van der Waals surface area contributed by atoms with Gasteiger partial charge in [0.1, 0.15) is 5.75 Å². The van der Waals surface area contributed by atoms with Gasteiger partial charge in [0.15, 0.2) is 0 Å². The standard InChI is InChI=1S/C15H13F2N3O3/c16-15(17)23-12-5-3-10(4-6-12)14(22)19-9-13(21)20-11-2-1-7-18-8-11/h1-8,15H,9H2,(H,19,22)(H,20,21). The van der Waals surface area contributed by atoms with E-state index in [9.17, 15) is 18.4 Å². The third-order valence-electron chi connectivity index (χ3n) is 2.70. The number of pyridine rings is 1. The van der Waals surface area contributed by atoms with Gasteiger partial charge in [0.25, 0.3) is 5.91 Å². The van der Waals surface area contributed by atoms with Gasteiger partial charge in [0, 0.05) is 11.8 Å². The van der Waals surface area contributed by atoms with Crippen molar-refractivity contribution in [2.45, 2.75) is 6.61 Å². The van der Waals surface area contributed by atoms with Crippen LogP contribution in [0.1, 0.15) is 10.4 Å². The van der Waals surface area contributed by atoms with Crippen molar-refractivity contribution in [3.8, 4) is 5.75 Å². The summed E-state index contributed by atoms with van der Waals surface area (Å²) >= 11 is 0. The number of nitrogens with one attached hydrogen (secondary N) is 2. The fourth-order valence-corrected chi connectivity index (χ4v) is 1.69. The van der Waals surface area contributed by atoms with Gasteiger partial charge in [-0.05, 0) is 36.4 Å². The molecule has 0 fully saturated rings. The van der Waals surface area contributed by atoms with Crippen molar-refractivity contribution in [1.82, 2.24) is 10.3 Å². The van der Waals surface area contributed by atoms with Crippen molar-refractivity contribution < 1.29 is 23.1 Å². The van der Waals surface area contributed by atoms with Crippen LogP contribution in [0.2, 0.25) is 0 Å². The summed E-state index contributed by atoms with van der Waals surface area (Å²) in [5, 5.41) is 4.98. The average molecular weight is 321 g/mol. The molecule has 0 saturated carbocycles. The Hall–Kier alpha value is -3.03. The molecule has 0 aliphatic heterocycles. The van der Waals surface area contributed by atoms with Crippen LogP contribution in [0.5, 0.6) is 5.75 Å². The van der Waals surface area contributed by atoms with Gasteiger partial charge in [0.2, 0.25) is 5.91 Å². The highest BCUT2D eigenvalue weighted by Gasteiger charge is 2.10. The zero-order chi connectivity index (χ0) is 16.7. The number of hydrogen-bond acceptors (Lipinski definition) is 4. The van der Waals surface area contributed by atoms with E-state index < -0.39 is 18.4 Å². The molecule has 1 heterocycles. The number of benzene rings is 1. The van der Waals surface area contributed by atoms with E-state index in [1.165, 1.54) is 30.5 Å². The minimum Gasteiger partial charge on any atom is -0.435 e. The maximum absolute atomic E-state index is 12.0. The van der Waals surface area contributed by atoms with Gasteiger partial charge in [-0.15, -0.1) is 0 Å². The molecule has 0 spiro atoms. The molecule has 0 saturated heterocycles. The highest BCUT2D eigenvalue weighted by atomic mass is 19.3. The zero-order valence-corrected chi connectivity index (χ0v) is 11.8. The quantitative estimate of drug-likeness (QED) is 0.853. The molecule has 1 aromatic heterocycles. The van der Waals surface area contributed by atoms with Crippen LogP contribution >= 0.6 is 0 Å². The number of anilines is 1. The maximum Gasteiger partial charge on any atom is 0.387 e. The molecule has 0 aliphatic rings. The predicted molar refractivity (Wildman–Crippen MR) is 78.3 cm³/mol. The third-order valence-corrected chi connectivity index (χ3v) is 2.70. The van der Waals surface area contributed by atoms with E-state index in [0.29, 0.717) is 5.69 Å². The summed E-state index contributed by atoms with van der Waals surface area (Å²) in [5.41, 5.74) is 0.737. The smallest absolute Gasteiger partial charge is 0.387 e. The van der Waals surface area contributed by atoms with Gasteiger partial charge in [-0.25, -0.2) is 0 Å². The van der Waals surface area contributed by atoms with Crippen LogP contribution in [-0.2, 0) is 4.79 Å². The predicted octanol–water partition coefficient (Wildman–Crippen LogP) is 2.05. The van der Waals surface area contributed by atoms with E-state index >= 15 is 0 Å². The van der Waals surface area contributed by atoms with Crippen LogP contribution in [0.4, 0.5) is 14.5 Å². The zero-order valence-electron chi connectivity index (χ0n) is 11.8. The Morgan fingerprint density at radius 1 is 1.17 bits per heavy atom. The molecule has 6 nitrogen and oxygen atoms in total. The van der Waals surface area contributed by atoms with E-state index in [1.807, 2.05) is 0 Å². The fourth-order valence-electron chi connectivity index (χ4n) is 1.69. The molecular formula is C15H13F2N3O3. The molecule has 23 heavy (non-hydrogen) atoms. The van der Waals surface area contributed by atoms with Gasteiger partial charge in [0.05, 0.1) is 18.4 Å². The largest absolute Gasteiger partial charge is 0.435 e. The molecule has 0 radical (unpaired) electrons. The van der Waals surface area contributed by atoms with Crippen molar-refractivity contribution in [1.29, 1.82) is 0 Å².